The van der Waals surface area contributed by atoms with Gasteiger partial charge in [0.05, 0.1) is 16.6 Å². The number of nitrogens with one attached hydrogen (secondary N) is 2. The van der Waals surface area contributed by atoms with E-state index in [0.717, 1.165) is 11.3 Å². The SMILES string of the molecule is COC(=O)c1sc(Br)cc1NC(=O)[C@@H](NC(=O)OC(C)(C)C)C(C)C. The average Bonchev–Trinajstić information content (AvgIpc) is 2.82. The first-order valence-corrected chi connectivity index (χ1v) is 9.23. The van der Waals surface area contributed by atoms with Gasteiger partial charge in [0.25, 0.3) is 0 Å². The van der Waals surface area contributed by atoms with Crippen molar-refractivity contribution in [3.8, 4) is 0 Å². The molecule has 0 aromatic carbocycles. The van der Waals surface area contributed by atoms with Crippen LogP contribution < -0.4 is 10.6 Å². The van der Waals surface area contributed by atoms with Crippen molar-refractivity contribution in [1.82, 2.24) is 5.32 Å². The fourth-order valence-corrected chi connectivity index (χ4v) is 3.35. The maximum Gasteiger partial charge on any atom is 0.408 e. The lowest BCUT2D eigenvalue weighted by molar-refractivity contribution is -0.119. The summed E-state index contributed by atoms with van der Waals surface area (Å²) in [6.45, 7) is 8.81. The Kier molecular flexibility index (Phi) is 7.43. The highest BCUT2D eigenvalue weighted by Gasteiger charge is 2.28. The summed E-state index contributed by atoms with van der Waals surface area (Å²) in [6.07, 6.45) is -0.680. The van der Waals surface area contributed by atoms with Crippen LogP contribution in [0.4, 0.5) is 10.5 Å². The number of hydrogen-bond acceptors (Lipinski definition) is 6. The van der Waals surface area contributed by atoms with E-state index in [4.69, 9.17) is 9.47 Å². The van der Waals surface area contributed by atoms with Crippen molar-refractivity contribution in [2.75, 3.05) is 12.4 Å². The van der Waals surface area contributed by atoms with Gasteiger partial charge in [0.1, 0.15) is 16.5 Å². The largest absolute Gasteiger partial charge is 0.465 e. The molecule has 0 saturated carbocycles. The molecule has 1 rings (SSSR count). The summed E-state index contributed by atoms with van der Waals surface area (Å²) in [4.78, 5) is 36.6. The Morgan fingerprint density at radius 3 is 2.32 bits per heavy atom. The molecule has 0 radical (unpaired) electrons. The second kappa shape index (κ2) is 8.66. The number of thiophene rings is 1. The molecule has 2 amide bonds. The molecular weight excluding hydrogens is 412 g/mol. The maximum absolute atomic E-state index is 12.6. The number of rotatable bonds is 5. The van der Waals surface area contributed by atoms with Crippen LogP contribution in [0.5, 0.6) is 0 Å². The van der Waals surface area contributed by atoms with E-state index < -0.39 is 29.6 Å². The Hall–Kier alpha value is -1.61. The van der Waals surface area contributed by atoms with Crippen molar-refractivity contribution < 1.29 is 23.9 Å². The molecule has 25 heavy (non-hydrogen) atoms. The number of carbonyl (C=O) groups excluding carboxylic acids is 3. The van der Waals surface area contributed by atoms with Crippen LogP contribution in [-0.4, -0.2) is 36.7 Å². The number of ether oxygens (including phenoxy) is 2. The minimum absolute atomic E-state index is 0.184. The van der Waals surface area contributed by atoms with E-state index in [2.05, 4.69) is 26.6 Å². The fourth-order valence-electron chi connectivity index (χ4n) is 1.88. The predicted octanol–water partition coefficient (Wildman–Crippen LogP) is 3.79. The van der Waals surface area contributed by atoms with E-state index in [1.54, 1.807) is 40.7 Å². The minimum atomic E-state index is -0.820. The number of alkyl carbamates (subject to hydrolysis) is 1. The normalized spacial score (nSPS) is 12.5. The van der Waals surface area contributed by atoms with Crippen LogP contribution in [0.15, 0.2) is 9.85 Å². The van der Waals surface area contributed by atoms with E-state index in [1.165, 1.54) is 7.11 Å². The van der Waals surface area contributed by atoms with Crippen LogP contribution in [0.3, 0.4) is 0 Å². The number of carbonyl (C=O) groups is 3. The number of amides is 2. The van der Waals surface area contributed by atoms with Crippen LogP contribution in [0, 0.1) is 5.92 Å². The van der Waals surface area contributed by atoms with Crippen molar-refractivity contribution in [2.45, 2.75) is 46.3 Å². The molecule has 0 aliphatic rings. The van der Waals surface area contributed by atoms with E-state index in [9.17, 15) is 14.4 Å². The summed E-state index contributed by atoms with van der Waals surface area (Å²) in [5.41, 5.74) is -0.344. The molecule has 7 nitrogen and oxygen atoms in total. The molecular formula is C16H23BrN2O5S. The highest BCUT2D eigenvalue weighted by atomic mass is 79.9. The molecule has 0 bridgehead atoms. The number of hydrogen-bond donors (Lipinski definition) is 2. The number of esters is 1. The standard InChI is InChI=1S/C16H23BrN2O5S/c1-8(2)11(19-15(22)24-16(3,4)5)13(20)18-9-7-10(17)25-12(9)14(21)23-6/h7-8,11H,1-6H3,(H,18,20)(H,19,22)/t11-/m0/s1. The number of methoxy groups -OCH3 is 1. The van der Waals surface area contributed by atoms with E-state index in [-0.39, 0.29) is 10.8 Å². The minimum Gasteiger partial charge on any atom is -0.465 e. The first-order valence-electron chi connectivity index (χ1n) is 7.62. The second-order valence-corrected chi connectivity index (χ2v) is 9.07. The predicted molar refractivity (Wildman–Crippen MR) is 100.0 cm³/mol. The van der Waals surface area contributed by atoms with Gasteiger partial charge in [-0.15, -0.1) is 11.3 Å². The molecule has 0 saturated heterocycles. The molecule has 1 heterocycles. The monoisotopic (exact) mass is 434 g/mol. The highest BCUT2D eigenvalue weighted by Crippen LogP contribution is 2.32. The quantitative estimate of drug-likeness (QED) is 0.687. The van der Waals surface area contributed by atoms with Crippen molar-refractivity contribution in [1.29, 1.82) is 0 Å². The van der Waals surface area contributed by atoms with Gasteiger partial charge in [0.2, 0.25) is 5.91 Å². The van der Waals surface area contributed by atoms with Gasteiger partial charge >= 0.3 is 12.1 Å². The van der Waals surface area contributed by atoms with Crippen molar-refractivity contribution >= 4 is 50.9 Å². The molecule has 140 valence electrons. The molecule has 0 unspecified atom stereocenters. The highest BCUT2D eigenvalue weighted by molar-refractivity contribution is 9.11. The molecule has 0 fully saturated rings. The average molecular weight is 435 g/mol. The molecule has 1 aromatic heterocycles. The van der Waals surface area contributed by atoms with Crippen LogP contribution in [-0.2, 0) is 14.3 Å². The zero-order valence-electron chi connectivity index (χ0n) is 15.1. The van der Waals surface area contributed by atoms with Gasteiger partial charge in [-0.1, -0.05) is 13.8 Å². The molecule has 0 aliphatic heterocycles. The third-order valence-electron chi connectivity index (χ3n) is 2.95. The van der Waals surface area contributed by atoms with Crippen LogP contribution >= 0.6 is 27.3 Å². The lowest BCUT2D eigenvalue weighted by Crippen LogP contribution is -2.48. The summed E-state index contributed by atoms with van der Waals surface area (Å²) in [5.74, 6) is -1.18. The Bertz CT molecular complexity index is 651. The van der Waals surface area contributed by atoms with Crippen molar-refractivity contribution in [3.05, 3.63) is 14.7 Å². The maximum atomic E-state index is 12.6. The Morgan fingerprint density at radius 1 is 1.24 bits per heavy atom. The molecule has 1 atom stereocenters. The van der Waals surface area contributed by atoms with E-state index in [0.29, 0.717) is 9.47 Å². The van der Waals surface area contributed by atoms with Gasteiger partial charge in [-0.25, -0.2) is 9.59 Å². The van der Waals surface area contributed by atoms with Gasteiger partial charge < -0.3 is 20.1 Å². The fraction of sp³-hybridized carbons (Fsp3) is 0.562. The molecule has 9 heteroatoms. The first-order chi connectivity index (χ1) is 11.4. The van der Waals surface area contributed by atoms with E-state index >= 15 is 0 Å². The molecule has 2 N–H and O–H groups in total. The summed E-state index contributed by atoms with van der Waals surface area (Å²) in [5, 5.41) is 5.23. The Labute approximate surface area is 159 Å². The van der Waals surface area contributed by atoms with Gasteiger partial charge in [0, 0.05) is 0 Å². The summed E-state index contributed by atoms with van der Waals surface area (Å²) >= 11 is 4.43. The van der Waals surface area contributed by atoms with E-state index in [1.807, 2.05) is 0 Å². The lowest BCUT2D eigenvalue weighted by Gasteiger charge is -2.25. The summed E-state index contributed by atoms with van der Waals surface area (Å²) < 4.78 is 10.6. The van der Waals surface area contributed by atoms with Crippen LogP contribution in [0.2, 0.25) is 0 Å². The molecule has 1 aromatic rings. The Morgan fingerprint density at radius 2 is 1.84 bits per heavy atom. The van der Waals surface area contributed by atoms with Gasteiger partial charge in [-0.05, 0) is 48.7 Å². The summed E-state index contributed by atoms with van der Waals surface area (Å²) in [7, 11) is 1.27. The van der Waals surface area contributed by atoms with Gasteiger partial charge in [0.15, 0.2) is 0 Å². The molecule has 0 spiro atoms. The topological polar surface area (TPSA) is 93.7 Å². The lowest BCUT2D eigenvalue weighted by atomic mass is 10.0. The van der Waals surface area contributed by atoms with Gasteiger partial charge in [-0.2, -0.15) is 0 Å². The molecule has 0 aliphatic carbocycles. The smallest absolute Gasteiger partial charge is 0.408 e. The van der Waals surface area contributed by atoms with Crippen molar-refractivity contribution in [3.63, 3.8) is 0 Å². The number of halogens is 1. The third kappa shape index (κ3) is 6.66. The van der Waals surface area contributed by atoms with Crippen LogP contribution in [0.25, 0.3) is 0 Å². The van der Waals surface area contributed by atoms with Crippen LogP contribution in [0.1, 0.15) is 44.3 Å². The Balaban J connectivity index is 2.91. The number of anilines is 1. The second-order valence-electron chi connectivity index (χ2n) is 6.64. The van der Waals surface area contributed by atoms with Crippen molar-refractivity contribution in [2.24, 2.45) is 5.92 Å². The zero-order chi connectivity index (χ0) is 19.4. The summed E-state index contributed by atoms with van der Waals surface area (Å²) in [6, 6.07) is 0.790. The zero-order valence-corrected chi connectivity index (χ0v) is 17.5. The first kappa shape index (κ1) is 21.4. The third-order valence-corrected chi connectivity index (χ3v) is 4.57. The van der Waals surface area contributed by atoms with Gasteiger partial charge in [-0.3, -0.25) is 4.79 Å².